The van der Waals surface area contributed by atoms with Crippen LogP contribution in [0.5, 0.6) is 0 Å². The molecule has 1 fully saturated rings. The van der Waals surface area contributed by atoms with Crippen molar-refractivity contribution in [1.82, 2.24) is 9.80 Å². The van der Waals surface area contributed by atoms with Gasteiger partial charge in [0.25, 0.3) is 5.91 Å². The second kappa shape index (κ2) is 13.4. The van der Waals surface area contributed by atoms with E-state index in [-0.39, 0.29) is 17.5 Å². The van der Waals surface area contributed by atoms with E-state index in [1.165, 1.54) is 31.2 Å². The van der Waals surface area contributed by atoms with Crippen LogP contribution in [-0.2, 0) is 13.0 Å². The highest BCUT2D eigenvalue weighted by molar-refractivity contribution is 5.94. The number of aromatic carboxylic acids is 1. The van der Waals surface area contributed by atoms with Crippen LogP contribution in [-0.4, -0.2) is 52.5 Å². The highest BCUT2D eigenvalue weighted by Gasteiger charge is 2.29. The predicted octanol–water partition coefficient (Wildman–Crippen LogP) is 6.27. The summed E-state index contributed by atoms with van der Waals surface area (Å²) in [4.78, 5) is 29.5. The van der Waals surface area contributed by atoms with E-state index in [0.717, 1.165) is 50.0 Å². The molecule has 3 rings (SSSR count). The summed E-state index contributed by atoms with van der Waals surface area (Å²) in [6, 6.07) is 15.2. The SMILES string of the molecule is CCCCCc1ccc(C(=O)N(Cc2ccc(C(=O)O)cc2)C2CCN(CCC(C)C)CC2)cc1. The zero-order chi connectivity index (χ0) is 25.2. The molecule has 190 valence electrons. The van der Waals surface area contributed by atoms with Crippen LogP contribution in [0.4, 0.5) is 0 Å². The molecule has 0 aliphatic carbocycles. The summed E-state index contributed by atoms with van der Waals surface area (Å²) in [5, 5.41) is 9.22. The molecule has 0 unspecified atom stereocenters. The molecule has 1 amide bonds. The summed E-state index contributed by atoms with van der Waals surface area (Å²) in [6.45, 7) is 10.4. The molecule has 1 aliphatic rings. The normalized spacial score (nSPS) is 14.9. The molecule has 35 heavy (non-hydrogen) atoms. The summed E-state index contributed by atoms with van der Waals surface area (Å²) in [5.41, 5.74) is 3.24. The van der Waals surface area contributed by atoms with Crippen LogP contribution in [0.1, 0.15) is 91.1 Å². The van der Waals surface area contributed by atoms with Gasteiger partial charge >= 0.3 is 5.97 Å². The van der Waals surface area contributed by atoms with Crippen molar-refractivity contribution in [1.29, 1.82) is 0 Å². The summed E-state index contributed by atoms with van der Waals surface area (Å²) >= 11 is 0. The maximum absolute atomic E-state index is 13.7. The first kappa shape index (κ1) is 26.9. The summed E-state index contributed by atoms with van der Waals surface area (Å²) < 4.78 is 0. The van der Waals surface area contributed by atoms with Crippen LogP contribution < -0.4 is 0 Å². The van der Waals surface area contributed by atoms with Gasteiger partial charge in [0.05, 0.1) is 5.56 Å². The third-order valence-electron chi connectivity index (χ3n) is 7.11. The van der Waals surface area contributed by atoms with Crippen molar-refractivity contribution >= 4 is 11.9 Å². The van der Waals surface area contributed by atoms with E-state index in [1.807, 2.05) is 29.2 Å². The standard InChI is InChI=1S/C30H42N2O3/c1-4-5-6-7-24-8-12-26(13-9-24)29(33)32(22-25-10-14-27(15-11-25)30(34)35)28-17-20-31(21-18-28)19-16-23(2)3/h8-15,23,28H,4-7,16-22H2,1-3H3,(H,34,35). The van der Waals surface area contributed by atoms with Crippen LogP contribution in [0, 0.1) is 5.92 Å². The fourth-order valence-electron chi connectivity index (χ4n) is 4.77. The molecular formula is C30H42N2O3. The lowest BCUT2D eigenvalue weighted by Crippen LogP contribution is -2.47. The molecule has 5 heteroatoms. The molecular weight excluding hydrogens is 436 g/mol. The number of hydrogen-bond donors (Lipinski definition) is 1. The second-order valence-corrected chi connectivity index (χ2v) is 10.3. The Balaban J connectivity index is 1.73. The number of aryl methyl sites for hydroxylation is 1. The predicted molar refractivity (Wildman–Crippen MR) is 142 cm³/mol. The number of likely N-dealkylation sites (tertiary alicyclic amines) is 1. The average Bonchev–Trinajstić information content (AvgIpc) is 2.87. The molecule has 0 aromatic heterocycles. The van der Waals surface area contributed by atoms with E-state index in [1.54, 1.807) is 12.1 Å². The Hall–Kier alpha value is -2.66. The number of unbranched alkanes of at least 4 members (excludes halogenated alkanes) is 2. The van der Waals surface area contributed by atoms with Gasteiger partial charge in [0, 0.05) is 31.2 Å². The van der Waals surface area contributed by atoms with Crippen LogP contribution in [0.3, 0.4) is 0 Å². The van der Waals surface area contributed by atoms with Gasteiger partial charge in [-0.25, -0.2) is 4.79 Å². The minimum absolute atomic E-state index is 0.0630. The highest BCUT2D eigenvalue weighted by Crippen LogP contribution is 2.23. The molecule has 2 aromatic carbocycles. The van der Waals surface area contributed by atoms with Crippen molar-refractivity contribution in [3.05, 3.63) is 70.8 Å². The maximum atomic E-state index is 13.7. The molecule has 0 saturated carbocycles. The smallest absolute Gasteiger partial charge is 0.335 e. The van der Waals surface area contributed by atoms with E-state index in [0.29, 0.717) is 12.5 Å². The minimum Gasteiger partial charge on any atom is -0.478 e. The number of amides is 1. The van der Waals surface area contributed by atoms with E-state index in [4.69, 9.17) is 0 Å². The fourth-order valence-corrected chi connectivity index (χ4v) is 4.77. The van der Waals surface area contributed by atoms with Gasteiger partial charge < -0.3 is 14.9 Å². The maximum Gasteiger partial charge on any atom is 0.335 e. The first-order valence-electron chi connectivity index (χ1n) is 13.3. The van der Waals surface area contributed by atoms with Gasteiger partial charge in [0.1, 0.15) is 0 Å². The molecule has 0 spiro atoms. The highest BCUT2D eigenvalue weighted by atomic mass is 16.4. The van der Waals surface area contributed by atoms with Crippen molar-refractivity contribution in [3.8, 4) is 0 Å². The van der Waals surface area contributed by atoms with Crippen molar-refractivity contribution < 1.29 is 14.7 Å². The number of carboxylic acid groups (broad SMARTS) is 1. The number of rotatable bonds is 12. The topological polar surface area (TPSA) is 60.9 Å². The molecule has 1 heterocycles. The summed E-state index contributed by atoms with van der Waals surface area (Å²) in [5.74, 6) is -0.171. The van der Waals surface area contributed by atoms with Gasteiger partial charge in [-0.15, -0.1) is 0 Å². The van der Waals surface area contributed by atoms with Crippen LogP contribution in [0.25, 0.3) is 0 Å². The lowest BCUT2D eigenvalue weighted by molar-refractivity contribution is 0.0545. The van der Waals surface area contributed by atoms with E-state index < -0.39 is 5.97 Å². The Labute approximate surface area is 211 Å². The molecule has 2 aromatic rings. The monoisotopic (exact) mass is 478 g/mol. The zero-order valence-corrected chi connectivity index (χ0v) is 21.7. The van der Waals surface area contributed by atoms with Crippen LogP contribution in [0.2, 0.25) is 0 Å². The Morgan fingerprint density at radius 2 is 1.54 bits per heavy atom. The second-order valence-electron chi connectivity index (χ2n) is 10.3. The van der Waals surface area contributed by atoms with E-state index >= 15 is 0 Å². The van der Waals surface area contributed by atoms with Crippen molar-refractivity contribution in [2.45, 2.75) is 78.3 Å². The molecule has 0 atom stereocenters. The van der Waals surface area contributed by atoms with Gasteiger partial charge in [0.15, 0.2) is 0 Å². The first-order chi connectivity index (χ1) is 16.9. The first-order valence-corrected chi connectivity index (χ1v) is 13.3. The zero-order valence-electron chi connectivity index (χ0n) is 21.7. The van der Waals surface area contributed by atoms with Gasteiger partial charge in [0.2, 0.25) is 0 Å². The number of carboxylic acids is 1. The van der Waals surface area contributed by atoms with Gasteiger partial charge in [-0.2, -0.15) is 0 Å². The number of nitrogens with zero attached hydrogens (tertiary/aromatic N) is 2. The average molecular weight is 479 g/mol. The third kappa shape index (κ3) is 8.21. The number of benzene rings is 2. The molecule has 1 saturated heterocycles. The van der Waals surface area contributed by atoms with Crippen molar-refractivity contribution in [2.24, 2.45) is 5.92 Å². The quantitative estimate of drug-likeness (QED) is 0.365. The lowest BCUT2D eigenvalue weighted by Gasteiger charge is -2.39. The molecule has 5 nitrogen and oxygen atoms in total. The summed E-state index contributed by atoms with van der Waals surface area (Å²) in [7, 11) is 0. The number of carbonyl (C=O) groups excluding carboxylic acids is 1. The minimum atomic E-state index is -0.933. The third-order valence-corrected chi connectivity index (χ3v) is 7.11. The molecule has 0 bridgehead atoms. The number of carbonyl (C=O) groups is 2. The van der Waals surface area contributed by atoms with Crippen LogP contribution >= 0.6 is 0 Å². The molecule has 1 N–H and O–H groups in total. The van der Waals surface area contributed by atoms with Crippen molar-refractivity contribution in [2.75, 3.05) is 19.6 Å². The fraction of sp³-hybridized carbons (Fsp3) is 0.533. The number of piperidine rings is 1. The van der Waals surface area contributed by atoms with E-state index in [2.05, 4.69) is 37.8 Å². The Morgan fingerprint density at radius 3 is 2.11 bits per heavy atom. The van der Waals surface area contributed by atoms with E-state index in [9.17, 15) is 14.7 Å². The Bertz CT molecular complexity index is 929. The van der Waals surface area contributed by atoms with Gasteiger partial charge in [-0.05, 0) is 80.0 Å². The lowest BCUT2D eigenvalue weighted by atomic mass is 9.99. The Morgan fingerprint density at radius 1 is 0.943 bits per heavy atom. The van der Waals surface area contributed by atoms with Crippen molar-refractivity contribution in [3.63, 3.8) is 0 Å². The van der Waals surface area contributed by atoms with Gasteiger partial charge in [-0.1, -0.05) is 57.9 Å². The summed E-state index contributed by atoms with van der Waals surface area (Å²) in [6.07, 6.45) is 7.79. The molecule has 0 radical (unpaired) electrons. The van der Waals surface area contributed by atoms with Gasteiger partial charge in [-0.3, -0.25) is 4.79 Å². The number of hydrogen-bond acceptors (Lipinski definition) is 3. The Kier molecular flexibility index (Phi) is 10.3. The van der Waals surface area contributed by atoms with Crippen LogP contribution in [0.15, 0.2) is 48.5 Å². The molecule has 1 aliphatic heterocycles. The largest absolute Gasteiger partial charge is 0.478 e.